The van der Waals surface area contributed by atoms with E-state index in [4.69, 9.17) is 4.52 Å². The smallest absolute Gasteiger partial charge is 0.290 e. The van der Waals surface area contributed by atoms with Gasteiger partial charge >= 0.3 is 0 Å². The highest BCUT2D eigenvalue weighted by Gasteiger charge is 2.27. The second kappa shape index (κ2) is 7.39. The third-order valence-corrected chi connectivity index (χ3v) is 5.09. The zero-order valence-electron chi connectivity index (χ0n) is 15.7. The normalized spacial score (nSPS) is 16.3. The third-order valence-electron chi connectivity index (χ3n) is 5.09. The van der Waals surface area contributed by atoms with Gasteiger partial charge in [-0.25, -0.2) is 0 Å². The maximum Gasteiger partial charge on any atom is 0.290 e. The van der Waals surface area contributed by atoms with Gasteiger partial charge in [0.15, 0.2) is 0 Å². The minimum Gasteiger partial charge on any atom is -0.351 e. The van der Waals surface area contributed by atoms with Crippen LogP contribution in [-0.4, -0.2) is 20.8 Å². The molecule has 0 bridgehead atoms. The van der Waals surface area contributed by atoms with Crippen molar-refractivity contribution in [1.82, 2.24) is 20.3 Å². The van der Waals surface area contributed by atoms with Gasteiger partial charge in [0.2, 0.25) is 5.76 Å². The van der Waals surface area contributed by atoms with Gasteiger partial charge in [0.1, 0.15) is 0 Å². The van der Waals surface area contributed by atoms with Crippen LogP contribution in [0.3, 0.4) is 0 Å². The quantitative estimate of drug-likeness (QED) is 0.746. The predicted molar refractivity (Wildman–Crippen MR) is 102 cm³/mol. The minimum atomic E-state index is -0.219. The van der Waals surface area contributed by atoms with E-state index >= 15 is 0 Å². The number of amides is 1. The lowest BCUT2D eigenvalue weighted by molar-refractivity contribution is 0.0895. The molecule has 2 heterocycles. The van der Waals surface area contributed by atoms with E-state index in [0.29, 0.717) is 0 Å². The van der Waals surface area contributed by atoms with E-state index in [0.717, 1.165) is 37.1 Å². The van der Waals surface area contributed by atoms with Gasteiger partial charge in [0.05, 0.1) is 24.5 Å². The van der Waals surface area contributed by atoms with Crippen molar-refractivity contribution < 1.29 is 9.32 Å². The summed E-state index contributed by atoms with van der Waals surface area (Å²) < 4.78 is 7.27. The Morgan fingerprint density at radius 3 is 2.89 bits per heavy atom. The van der Waals surface area contributed by atoms with Crippen LogP contribution in [0.25, 0.3) is 0 Å². The maximum absolute atomic E-state index is 12.6. The number of benzene rings is 1. The molecule has 0 saturated carbocycles. The van der Waals surface area contributed by atoms with Crippen LogP contribution in [0.5, 0.6) is 0 Å². The van der Waals surface area contributed by atoms with Gasteiger partial charge in [-0.1, -0.05) is 49.3 Å². The van der Waals surface area contributed by atoms with Crippen molar-refractivity contribution in [3.05, 3.63) is 70.9 Å². The van der Waals surface area contributed by atoms with Crippen molar-refractivity contribution in [1.29, 1.82) is 0 Å². The van der Waals surface area contributed by atoms with E-state index < -0.39 is 0 Å². The molecule has 4 rings (SSSR count). The van der Waals surface area contributed by atoms with Gasteiger partial charge in [0, 0.05) is 17.3 Å². The average Bonchev–Trinajstić information content (AvgIpc) is 3.31. The number of carbonyl (C=O) groups is 1. The predicted octanol–water partition coefficient (Wildman–Crippen LogP) is 3.85. The molecule has 1 aliphatic rings. The van der Waals surface area contributed by atoms with E-state index in [2.05, 4.69) is 27.7 Å². The molecule has 0 aliphatic heterocycles. The summed E-state index contributed by atoms with van der Waals surface area (Å²) in [4.78, 5) is 12.6. The standard InChI is InChI=1S/C21H24N4O2/c1-14(2)18-11-20(27-24-18)21(26)23-17-9-6-10-19-16(17)12-22-25(19)13-15-7-4-3-5-8-15/h3-5,7-8,11-12,14,17H,6,9-10,13H2,1-2H3,(H,23,26)/t17-/m1/s1. The van der Waals surface area contributed by atoms with Crippen molar-refractivity contribution in [2.24, 2.45) is 0 Å². The number of carbonyl (C=O) groups excluding carboxylic acids is 1. The van der Waals surface area contributed by atoms with E-state index in [1.165, 1.54) is 11.3 Å². The first kappa shape index (κ1) is 17.5. The second-order valence-electron chi connectivity index (χ2n) is 7.38. The van der Waals surface area contributed by atoms with Crippen LogP contribution < -0.4 is 5.32 Å². The summed E-state index contributed by atoms with van der Waals surface area (Å²) in [6.07, 6.45) is 4.80. The van der Waals surface area contributed by atoms with E-state index in [1.54, 1.807) is 6.07 Å². The number of aromatic nitrogens is 3. The Morgan fingerprint density at radius 2 is 2.15 bits per heavy atom. The summed E-state index contributed by atoms with van der Waals surface area (Å²) in [5.41, 5.74) is 4.32. The van der Waals surface area contributed by atoms with Gasteiger partial charge in [0.25, 0.3) is 5.91 Å². The molecule has 6 nitrogen and oxygen atoms in total. The summed E-state index contributed by atoms with van der Waals surface area (Å²) in [5.74, 6) is 0.276. The molecule has 1 atom stereocenters. The zero-order chi connectivity index (χ0) is 18.8. The van der Waals surface area contributed by atoms with E-state index in [-0.39, 0.29) is 23.6 Å². The van der Waals surface area contributed by atoms with Crippen molar-refractivity contribution in [3.63, 3.8) is 0 Å². The fraction of sp³-hybridized carbons (Fsp3) is 0.381. The molecule has 0 unspecified atom stereocenters. The van der Waals surface area contributed by atoms with Gasteiger partial charge in [-0.2, -0.15) is 5.10 Å². The lowest BCUT2D eigenvalue weighted by atomic mass is 9.92. The molecule has 27 heavy (non-hydrogen) atoms. The first-order valence-electron chi connectivity index (χ1n) is 9.48. The van der Waals surface area contributed by atoms with E-state index in [1.807, 2.05) is 42.9 Å². The van der Waals surface area contributed by atoms with Crippen LogP contribution in [0.15, 0.2) is 47.1 Å². The maximum atomic E-state index is 12.6. The minimum absolute atomic E-state index is 0.0432. The van der Waals surface area contributed by atoms with Crippen molar-refractivity contribution in [2.75, 3.05) is 0 Å². The van der Waals surface area contributed by atoms with Crippen LogP contribution in [0.4, 0.5) is 0 Å². The molecule has 1 aromatic carbocycles. The van der Waals surface area contributed by atoms with Gasteiger partial charge in [-0.3, -0.25) is 9.48 Å². The highest BCUT2D eigenvalue weighted by atomic mass is 16.5. The topological polar surface area (TPSA) is 73.0 Å². The molecular weight excluding hydrogens is 340 g/mol. The average molecular weight is 364 g/mol. The Labute approximate surface area is 158 Å². The number of fused-ring (bicyclic) bond motifs is 1. The molecule has 140 valence electrons. The molecule has 2 aromatic heterocycles. The van der Waals surface area contributed by atoms with Crippen molar-refractivity contribution in [3.8, 4) is 0 Å². The van der Waals surface area contributed by atoms with Crippen molar-refractivity contribution >= 4 is 5.91 Å². The Kier molecular flexibility index (Phi) is 4.79. The fourth-order valence-electron chi connectivity index (χ4n) is 3.56. The fourth-order valence-corrected chi connectivity index (χ4v) is 3.56. The van der Waals surface area contributed by atoms with Crippen LogP contribution in [0.1, 0.15) is 71.7 Å². The number of rotatable bonds is 5. The number of nitrogens with one attached hydrogen (secondary N) is 1. The molecule has 3 aromatic rings. The number of hydrogen-bond acceptors (Lipinski definition) is 4. The highest BCUT2D eigenvalue weighted by Crippen LogP contribution is 2.30. The molecular formula is C21H24N4O2. The molecule has 1 amide bonds. The molecule has 6 heteroatoms. The number of hydrogen-bond donors (Lipinski definition) is 1. The molecule has 0 saturated heterocycles. The molecule has 1 N–H and O–H groups in total. The van der Waals surface area contributed by atoms with Gasteiger partial charge in [-0.05, 0) is 30.7 Å². The summed E-state index contributed by atoms with van der Waals surface area (Å²) in [7, 11) is 0. The molecule has 0 radical (unpaired) electrons. The Bertz CT molecular complexity index is 927. The summed E-state index contributed by atoms with van der Waals surface area (Å²) in [6.45, 7) is 4.79. The van der Waals surface area contributed by atoms with E-state index in [9.17, 15) is 4.79 Å². The summed E-state index contributed by atoms with van der Waals surface area (Å²) in [6, 6.07) is 12.0. The Hall–Kier alpha value is -2.89. The van der Waals surface area contributed by atoms with Crippen LogP contribution in [0, 0.1) is 0 Å². The lowest BCUT2D eigenvalue weighted by Gasteiger charge is -2.23. The number of nitrogens with zero attached hydrogens (tertiary/aromatic N) is 3. The first-order valence-corrected chi connectivity index (χ1v) is 9.48. The third kappa shape index (κ3) is 3.65. The lowest BCUT2D eigenvalue weighted by Crippen LogP contribution is -2.30. The largest absolute Gasteiger partial charge is 0.351 e. The second-order valence-corrected chi connectivity index (χ2v) is 7.38. The van der Waals surface area contributed by atoms with Crippen LogP contribution >= 0.6 is 0 Å². The zero-order valence-corrected chi connectivity index (χ0v) is 15.7. The van der Waals surface area contributed by atoms with Gasteiger partial charge < -0.3 is 9.84 Å². The molecule has 0 fully saturated rings. The highest BCUT2D eigenvalue weighted by molar-refractivity contribution is 5.91. The summed E-state index contributed by atoms with van der Waals surface area (Å²) >= 11 is 0. The summed E-state index contributed by atoms with van der Waals surface area (Å²) in [5, 5.41) is 11.6. The monoisotopic (exact) mass is 364 g/mol. The van der Waals surface area contributed by atoms with Crippen LogP contribution in [0.2, 0.25) is 0 Å². The Balaban J connectivity index is 1.50. The SMILES string of the molecule is CC(C)c1cc(C(=O)N[C@@H]2CCCc3c2cnn3Cc2ccccc2)on1. The molecule has 0 spiro atoms. The Morgan fingerprint density at radius 1 is 1.33 bits per heavy atom. The van der Waals surface area contributed by atoms with Gasteiger partial charge in [-0.15, -0.1) is 0 Å². The van der Waals surface area contributed by atoms with Crippen LogP contribution in [-0.2, 0) is 13.0 Å². The molecule has 1 aliphatic carbocycles. The van der Waals surface area contributed by atoms with Crippen molar-refractivity contribution in [2.45, 2.75) is 51.6 Å². The first-order chi connectivity index (χ1) is 13.1.